The lowest BCUT2D eigenvalue weighted by Gasteiger charge is -2.12. The largest absolute Gasteiger partial charge is 0.477 e. The molecule has 1 unspecified atom stereocenters. The highest BCUT2D eigenvalue weighted by Gasteiger charge is 2.05. The Morgan fingerprint density at radius 1 is 1.59 bits per heavy atom. The van der Waals surface area contributed by atoms with E-state index in [4.69, 9.17) is 19.8 Å². The van der Waals surface area contributed by atoms with Gasteiger partial charge >= 0.3 is 5.97 Å². The molecule has 0 saturated heterocycles. The van der Waals surface area contributed by atoms with E-state index in [2.05, 4.69) is 0 Å². The number of aliphatic carboxylic acids is 1. The highest BCUT2D eigenvalue weighted by atomic mass is 16.5. The van der Waals surface area contributed by atoms with Gasteiger partial charge in [-0.1, -0.05) is 13.0 Å². The second-order valence-electron chi connectivity index (χ2n) is 3.52. The first-order valence-corrected chi connectivity index (χ1v) is 5.59. The molecule has 5 nitrogen and oxygen atoms in total. The molecule has 96 valence electrons. The van der Waals surface area contributed by atoms with Gasteiger partial charge in [0.05, 0.1) is 12.7 Å². The third kappa shape index (κ3) is 7.50. The Balaban J connectivity index is 3.66. The fraction of sp³-hybridized carbons (Fsp3) is 0.667. The van der Waals surface area contributed by atoms with Crippen LogP contribution in [0.5, 0.6) is 0 Å². The molecule has 0 heterocycles. The molecule has 17 heavy (non-hydrogen) atoms. The molecule has 0 aliphatic heterocycles. The summed E-state index contributed by atoms with van der Waals surface area (Å²) in [5.74, 6) is -1.18. The van der Waals surface area contributed by atoms with Crippen LogP contribution in [0.1, 0.15) is 26.2 Å². The summed E-state index contributed by atoms with van der Waals surface area (Å²) in [5, 5.41) is 17.1. The monoisotopic (exact) mass is 241 g/mol. The van der Waals surface area contributed by atoms with Crippen LogP contribution >= 0.6 is 0 Å². The van der Waals surface area contributed by atoms with Gasteiger partial charge in [-0.25, -0.2) is 4.79 Å². The third-order valence-corrected chi connectivity index (χ3v) is 2.28. The van der Waals surface area contributed by atoms with Crippen LogP contribution in [0.4, 0.5) is 0 Å². The average Bonchev–Trinajstić information content (AvgIpc) is 2.32. The molecule has 0 rings (SSSR count). The number of nitrogens with zero attached hydrogens (tertiary/aromatic N) is 1. The summed E-state index contributed by atoms with van der Waals surface area (Å²) in [6.07, 6.45) is 3.64. The molecule has 0 bridgehead atoms. The normalized spacial score (nSPS) is 13.1. The molecule has 0 aromatic heterocycles. The zero-order valence-electron chi connectivity index (χ0n) is 10.3. The van der Waals surface area contributed by atoms with Crippen molar-refractivity contribution < 1.29 is 19.4 Å². The van der Waals surface area contributed by atoms with E-state index in [1.807, 2.05) is 6.92 Å². The summed E-state index contributed by atoms with van der Waals surface area (Å²) in [5.41, 5.74) is -0.215. The molecule has 1 atom stereocenters. The predicted molar refractivity (Wildman–Crippen MR) is 62.5 cm³/mol. The lowest BCUT2D eigenvalue weighted by Crippen LogP contribution is -2.17. The Morgan fingerprint density at radius 3 is 2.76 bits per heavy atom. The first kappa shape index (κ1) is 15.6. The molecule has 0 aromatic carbocycles. The van der Waals surface area contributed by atoms with Gasteiger partial charge in [0.25, 0.3) is 0 Å². The highest BCUT2D eigenvalue weighted by molar-refractivity contribution is 5.90. The maximum Gasteiger partial charge on any atom is 0.346 e. The summed E-state index contributed by atoms with van der Waals surface area (Å²) < 4.78 is 10.5. The topological polar surface area (TPSA) is 79.5 Å². The zero-order valence-corrected chi connectivity index (χ0v) is 10.3. The number of carboxylic acid groups (broad SMARTS) is 1. The summed E-state index contributed by atoms with van der Waals surface area (Å²) in [6.45, 7) is 3.10. The van der Waals surface area contributed by atoms with E-state index in [-0.39, 0.29) is 11.7 Å². The molecule has 0 radical (unpaired) electrons. The van der Waals surface area contributed by atoms with Crippen LogP contribution in [0.3, 0.4) is 0 Å². The first-order valence-electron chi connectivity index (χ1n) is 5.59. The average molecular weight is 241 g/mol. The Morgan fingerprint density at radius 2 is 2.29 bits per heavy atom. The van der Waals surface area contributed by atoms with Gasteiger partial charge in [-0.2, -0.15) is 5.26 Å². The van der Waals surface area contributed by atoms with Crippen LogP contribution in [0.15, 0.2) is 11.6 Å². The van der Waals surface area contributed by atoms with Gasteiger partial charge in [0.15, 0.2) is 0 Å². The van der Waals surface area contributed by atoms with E-state index in [9.17, 15) is 4.79 Å². The fourth-order valence-electron chi connectivity index (χ4n) is 1.18. The first-order chi connectivity index (χ1) is 8.15. The van der Waals surface area contributed by atoms with E-state index in [1.54, 1.807) is 13.2 Å². The molecular weight excluding hydrogens is 222 g/mol. The van der Waals surface area contributed by atoms with E-state index in [0.717, 1.165) is 6.42 Å². The number of carbonyl (C=O) groups is 1. The SMILES string of the molecule is CCC(COCCCC=C(C#N)C(=O)O)OC. The molecule has 0 amide bonds. The number of hydrogen-bond donors (Lipinski definition) is 1. The smallest absolute Gasteiger partial charge is 0.346 e. The molecule has 5 heteroatoms. The third-order valence-electron chi connectivity index (χ3n) is 2.28. The van der Waals surface area contributed by atoms with E-state index >= 15 is 0 Å². The van der Waals surface area contributed by atoms with Crippen molar-refractivity contribution in [1.29, 1.82) is 5.26 Å². The molecule has 0 saturated carbocycles. The summed E-state index contributed by atoms with van der Waals surface area (Å²) in [7, 11) is 1.65. The van der Waals surface area contributed by atoms with Crippen LogP contribution in [-0.2, 0) is 14.3 Å². The van der Waals surface area contributed by atoms with Gasteiger partial charge in [0.2, 0.25) is 0 Å². The van der Waals surface area contributed by atoms with Gasteiger partial charge in [-0.3, -0.25) is 0 Å². The van der Waals surface area contributed by atoms with Crippen molar-refractivity contribution in [3.63, 3.8) is 0 Å². The Kier molecular flexibility index (Phi) is 9.02. The van der Waals surface area contributed by atoms with Crippen LogP contribution in [0, 0.1) is 11.3 Å². The van der Waals surface area contributed by atoms with Crippen LogP contribution in [-0.4, -0.2) is 37.5 Å². The Labute approximate surface area is 102 Å². The fourth-order valence-corrected chi connectivity index (χ4v) is 1.18. The summed E-state index contributed by atoms with van der Waals surface area (Å²) in [6, 6.07) is 1.63. The standard InChI is InChI=1S/C12H19NO4/c1-3-11(16-2)9-17-7-5-4-6-10(8-13)12(14)15/h6,11H,3-5,7,9H2,1-2H3,(H,14,15). The highest BCUT2D eigenvalue weighted by Crippen LogP contribution is 2.01. The van der Waals surface area contributed by atoms with Crippen molar-refractivity contribution in [2.45, 2.75) is 32.3 Å². The molecule has 0 aromatic rings. The lowest BCUT2D eigenvalue weighted by atomic mass is 10.2. The number of allylic oxidation sites excluding steroid dienone is 1. The van der Waals surface area contributed by atoms with Gasteiger partial charge in [0.1, 0.15) is 11.6 Å². The quantitative estimate of drug-likeness (QED) is 0.378. The van der Waals surface area contributed by atoms with Crippen LogP contribution in [0.2, 0.25) is 0 Å². The number of unbranched alkanes of at least 4 members (excludes halogenated alkanes) is 1. The molecule has 0 aliphatic carbocycles. The number of nitriles is 1. The van der Waals surface area contributed by atoms with Crippen molar-refractivity contribution in [2.24, 2.45) is 0 Å². The van der Waals surface area contributed by atoms with Crippen molar-refractivity contribution >= 4 is 5.97 Å². The number of ether oxygens (including phenoxy) is 2. The van der Waals surface area contributed by atoms with E-state index in [0.29, 0.717) is 26.1 Å². The van der Waals surface area contributed by atoms with Crippen molar-refractivity contribution in [3.05, 3.63) is 11.6 Å². The Hall–Kier alpha value is -1.38. The minimum Gasteiger partial charge on any atom is -0.477 e. The maximum atomic E-state index is 10.5. The van der Waals surface area contributed by atoms with Crippen molar-refractivity contribution in [2.75, 3.05) is 20.3 Å². The van der Waals surface area contributed by atoms with Crippen molar-refractivity contribution in [3.8, 4) is 6.07 Å². The van der Waals surface area contributed by atoms with E-state index in [1.165, 1.54) is 6.08 Å². The van der Waals surface area contributed by atoms with Gasteiger partial charge in [-0.15, -0.1) is 0 Å². The number of rotatable bonds is 9. The minimum atomic E-state index is -1.18. The molecule has 0 fully saturated rings. The van der Waals surface area contributed by atoms with Crippen LogP contribution < -0.4 is 0 Å². The maximum absolute atomic E-state index is 10.5. The molecule has 1 N–H and O–H groups in total. The summed E-state index contributed by atoms with van der Waals surface area (Å²) >= 11 is 0. The zero-order chi connectivity index (χ0) is 13.1. The number of carboxylic acids is 1. The molecule has 0 aliphatic rings. The van der Waals surface area contributed by atoms with Crippen molar-refractivity contribution in [1.82, 2.24) is 0 Å². The summed E-state index contributed by atoms with van der Waals surface area (Å²) in [4.78, 5) is 10.5. The molecular formula is C12H19NO4. The second-order valence-corrected chi connectivity index (χ2v) is 3.52. The minimum absolute atomic E-state index is 0.110. The van der Waals surface area contributed by atoms with Gasteiger partial charge in [0, 0.05) is 13.7 Å². The van der Waals surface area contributed by atoms with E-state index < -0.39 is 5.97 Å². The van der Waals surface area contributed by atoms with Gasteiger partial charge in [-0.05, 0) is 19.3 Å². The lowest BCUT2D eigenvalue weighted by molar-refractivity contribution is -0.132. The Bertz CT molecular complexity index is 289. The van der Waals surface area contributed by atoms with Gasteiger partial charge < -0.3 is 14.6 Å². The second kappa shape index (κ2) is 9.82. The van der Waals surface area contributed by atoms with Crippen LogP contribution in [0.25, 0.3) is 0 Å². The number of hydrogen-bond acceptors (Lipinski definition) is 4. The predicted octanol–water partition coefficient (Wildman–Crippen LogP) is 1.74. The molecule has 0 spiro atoms. The number of methoxy groups -OCH3 is 1.